The van der Waals surface area contributed by atoms with E-state index in [1.807, 2.05) is 26.0 Å². The van der Waals surface area contributed by atoms with E-state index in [-0.39, 0.29) is 244 Å². The molecule has 4 aliphatic rings. The Bertz CT molecular complexity index is 3130. The largest absolute Gasteiger partial charge is 0.480 e. The number of hydrogen-bond donors (Lipinski definition) is 13. The quantitative estimate of drug-likeness (QED) is 0.0358. The molecule has 1 aromatic rings. The molecule has 8 amide bonds. The van der Waals surface area contributed by atoms with Crippen molar-refractivity contribution >= 4 is 107 Å². The minimum absolute atomic E-state index is 0.0238. The number of carboxylic acid groups (broad SMARTS) is 6. The summed E-state index contributed by atoms with van der Waals surface area (Å²) >= 11 is 2.69. The van der Waals surface area contributed by atoms with E-state index >= 15 is 4.79 Å². The Balaban J connectivity index is 1.31. The molecular formula is C69H113N17O20S2. The van der Waals surface area contributed by atoms with Gasteiger partial charge in [-0.3, -0.25) is 111 Å². The van der Waals surface area contributed by atoms with Crippen molar-refractivity contribution in [3.63, 3.8) is 0 Å². The van der Waals surface area contributed by atoms with Crippen LogP contribution in [0.5, 0.6) is 0 Å². The number of carbonyl (C=O) groups is 14. The number of carboxylic acids is 6. The van der Waals surface area contributed by atoms with Crippen molar-refractivity contribution in [3.8, 4) is 0 Å². The Kier molecular flexibility index (Phi) is 39.7. The summed E-state index contributed by atoms with van der Waals surface area (Å²) in [6, 6.07) is 0.310. The predicted octanol–water partition coefficient (Wildman–Crippen LogP) is -3.82. The van der Waals surface area contributed by atoms with Crippen LogP contribution < -0.4 is 37.6 Å². The Hall–Kier alpha value is -7.89. The maximum absolute atomic E-state index is 15.1. The van der Waals surface area contributed by atoms with Crippen LogP contribution in [-0.2, 0) is 78.6 Å². The molecule has 1 unspecified atom stereocenters. The number of likely N-dealkylation sites (tertiary alicyclic amines) is 1. The van der Waals surface area contributed by atoms with E-state index in [1.165, 1.54) is 23.5 Å². The molecule has 5 heterocycles. The first-order valence-corrected chi connectivity index (χ1v) is 39.2. The molecule has 3 fully saturated rings. The van der Waals surface area contributed by atoms with Gasteiger partial charge in [0.05, 0.1) is 63.7 Å². The number of thioether (sulfide) groups is 2. The Morgan fingerprint density at radius 1 is 0.565 bits per heavy atom. The normalized spacial score (nSPS) is 21.9. The molecule has 14 N–H and O–H groups in total. The van der Waals surface area contributed by atoms with Crippen LogP contribution in [0.2, 0.25) is 0 Å². The lowest BCUT2D eigenvalue weighted by Crippen LogP contribution is -2.66. The zero-order chi connectivity index (χ0) is 79.5. The number of aliphatic carboxylic acids is 6. The van der Waals surface area contributed by atoms with E-state index < -0.39 is 107 Å². The number of amides is 8. The minimum Gasteiger partial charge on any atom is -0.480 e. The van der Waals surface area contributed by atoms with Crippen molar-refractivity contribution < 1.29 is 97.8 Å². The maximum Gasteiger partial charge on any atom is 0.317 e. The molecular weight excluding hydrogens is 1450 g/mol. The molecule has 0 aromatic carbocycles. The van der Waals surface area contributed by atoms with Crippen LogP contribution in [0.15, 0.2) is 18.2 Å². The summed E-state index contributed by atoms with van der Waals surface area (Å²) in [6.07, 6.45) is 0.862. The molecule has 1 aromatic heterocycles. The van der Waals surface area contributed by atoms with Crippen LogP contribution in [-0.4, -0.2) is 381 Å². The zero-order valence-corrected chi connectivity index (χ0v) is 64.2. The Morgan fingerprint density at radius 3 is 1.41 bits per heavy atom. The van der Waals surface area contributed by atoms with Crippen molar-refractivity contribution in [2.24, 2.45) is 17.6 Å². The Labute approximate surface area is 638 Å². The summed E-state index contributed by atoms with van der Waals surface area (Å²) in [6.45, 7) is 8.09. The summed E-state index contributed by atoms with van der Waals surface area (Å²) in [4.78, 5) is 205. The van der Waals surface area contributed by atoms with Crippen LogP contribution in [0.4, 0.5) is 0 Å². The van der Waals surface area contributed by atoms with Crippen molar-refractivity contribution in [2.75, 3.05) is 188 Å². The van der Waals surface area contributed by atoms with Gasteiger partial charge in [-0.2, -0.15) is 23.5 Å². The van der Waals surface area contributed by atoms with Gasteiger partial charge in [-0.25, -0.2) is 0 Å². The van der Waals surface area contributed by atoms with Crippen LogP contribution in [0.3, 0.4) is 0 Å². The highest BCUT2D eigenvalue weighted by Crippen LogP contribution is 2.26. The van der Waals surface area contributed by atoms with E-state index in [0.29, 0.717) is 35.7 Å². The number of nitrogens with one attached hydrogen (secondary N) is 6. The molecule has 0 radical (unpaired) electrons. The number of pyridine rings is 1. The first kappa shape index (κ1) is 90.7. The van der Waals surface area contributed by atoms with E-state index in [9.17, 15) is 93.0 Å². The van der Waals surface area contributed by atoms with E-state index in [2.05, 4.69) is 31.9 Å². The number of primary amides is 1. The highest BCUT2D eigenvalue weighted by atomic mass is 32.2. The molecule has 606 valence electrons. The third-order valence-electron chi connectivity index (χ3n) is 19.3. The smallest absolute Gasteiger partial charge is 0.317 e. The van der Waals surface area contributed by atoms with Crippen LogP contribution in [0.1, 0.15) is 90.4 Å². The maximum atomic E-state index is 15.1. The average Bonchev–Trinajstić information content (AvgIpc) is 0.791. The molecule has 39 heteroatoms. The molecule has 37 nitrogen and oxygen atoms in total. The number of piperidine rings is 1. The highest BCUT2D eigenvalue weighted by molar-refractivity contribution is 7.98. The van der Waals surface area contributed by atoms with Crippen molar-refractivity contribution in [1.29, 1.82) is 0 Å². The van der Waals surface area contributed by atoms with Gasteiger partial charge >= 0.3 is 35.8 Å². The molecule has 0 aliphatic carbocycles. The SMILES string of the molecule is CC[C@H](C)[C@@H]1NC(=O)[C@H](CC(C)C)NC(=O)C2(CCN(C(=O)CN3CCN(CC(=O)O)CCN(CC(=O)O)CCN(CC(=O)O)CC3)CC2)NC(=O)CCSCc2cccc(n2)CSCC(C(=O)N[C@@H](CCCCNC(=O)CN2CCN(CC(=O)O)CCN(CC(=O)O)CCN(CC(=O)O)CC2)C(N)=O)NC1=O. The van der Waals surface area contributed by atoms with Gasteiger partial charge in [-0.15, -0.1) is 0 Å². The minimum atomic E-state index is -1.65. The second-order valence-electron chi connectivity index (χ2n) is 28.4. The van der Waals surface area contributed by atoms with Gasteiger partial charge < -0.3 is 73.2 Å². The van der Waals surface area contributed by atoms with Crippen molar-refractivity contribution in [2.45, 2.75) is 120 Å². The fourth-order valence-electron chi connectivity index (χ4n) is 13.0. The summed E-state index contributed by atoms with van der Waals surface area (Å²) in [7, 11) is 0. The van der Waals surface area contributed by atoms with Crippen molar-refractivity contribution in [3.05, 3.63) is 29.6 Å². The molecule has 5 atom stereocenters. The second-order valence-corrected chi connectivity index (χ2v) is 30.6. The summed E-state index contributed by atoms with van der Waals surface area (Å²) in [5.41, 5.74) is 5.57. The van der Waals surface area contributed by atoms with Gasteiger partial charge in [0.25, 0.3) is 0 Å². The summed E-state index contributed by atoms with van der Waals surface area (Å²) in [5.74, 6) is -11.4. The first-order chi connectivity index (χ1) is 51.3. The third kappa shape index (κ3) is 34.4. The van der Waals surface area contributed by atoms with Gasteiger partial charge in [0.2, 0.25) is 47.3 Å². The highest BCUT2D eigenvalue weighted by Gasteiger charge is 2.46. The van der Waals surface area contributed by atoms with Crippen LogP contribution in [0, 0.1) is 11.8 Å². The number of rotatable bonds is 28. The number of aromatic nitrogens is 1. The lowest BCUT2D eigenvalue weighted by atomic mass is 9.85. The van der Waals surface area contributed by atoms with Gasteiger partial charge in [0.15, 0.2) is 0 Å². The number of unbranched alkanes of at least 4 members (excludes halogenated alkanes) is 1. The lowest BCUT2D eigenvalue weighted by molar-refractivity contribution is -0.142. The molecule has 5 rings (SSSR count). The second kappa shape index (κ2) is 47.2. The molecule has 4 aliphatic heterocycles. The number of fused-ring (bicyclic) bond motifs is 2. The molecule has 2 bridgehead atoms. The number of carbonyl (C=O) groups excluding carboxylic acids is 8. The monoisotopic (exact) mass is 1560 g/mol. The number of hydrogen-bond acceptors (Lipinski definition) is 25. The number of nitrogens with two attached hydrogens (primary N) is 1. The van der Waals surface area contributed by atoms with Gasteiger partial charge in [-0.05, 0) is 62.5 Å². The van der Waals surface area contributed by atoms with Crippen molar-refractivity contribution in [1.82, 2.24) is 81.0 Å². The van der Waals surface area contributed by atoms with E-state index in [1.54, 1.807) is 64.0 Å². The topological polar surface area (TPSA) is 501 Å². The zero-order valence-electron chi connectivity index (χ0n) is 62.5. The molecule has 1 spiro atoms. The van der Waals surface area contributed by atoms with E-state index in [0.717, 1.165) is 0 Å². The summed E-state index contributed by atoms with van der Waals surface area (Å²) < 4.78 is 0. The molecule has 108 heavy (non-hydrogen) atoms. The lowest BCUT2D eigenvalue weighted by Gasteiger charge is -2.42. The standard InChI is InChI=1S/C69H113N17O20S2/c1-5-48(4)63-67(105)74-53(66(104)73-51(64(70)102)11-6-7-15-71-55(88)36-78-18-22-80(38-57(90)91)26-30-84(42-61(98)99)31-27-81(23-19-78)39-58(92)93)46-108-45-50-10-8-9-49(72-50)44-107-34-12-54(87)77-69(68(106)75-52(35-47(2)3)65(103)76-63)13-16-86(17-14-69)56(89)37-79-20-24-82(40-59(94)95)28-32-85(43-62(100)101)33-29-83(25-21-79)41-60(96)97/h8-10,47-48,51-53,63H,5-7,11-46H2,1-4H3,(H2,70,102)(H,71,88)(H,73,104)(H,74,105)(H,75,106)(H,76,103)(H,77,87)(H,90,91)(H,92,93)(H,94,95)(H,96,97)(H,98,99)(H,100,101)/t48-,51-,52-,53?,63-/m0/s1. The number of nitrogens with zero attached hydrogens (tertiary/aromatic N) is 10. The predicted molar refractivity (Wildman–Crippen MR) is 398 cm³/mol. The first-order valence-electron chi connectivity index (χ1n) is 36.9. The van der Waals surface area contributed by atoms with Gasteiger partial charge in [-0.1, -0.05) is 40.2 Å². The third-order valence-corrected chi connectivity index (χ3v) is 21.4. The average molecular weight is 1560 g/mol. The van der Waals surface area contributed by atoms with Gasteiger partial charge in [0.1, 0.15) is 29.7 Å². The summed E-state index contributed by atoms with van der Waals surface area (Å²) in [5, 5.41) is 75.0. The van der Waals surface area contributed by atoms with Gasteiger partial charge in [0, 0.05) is 154 Å². The molecule has 0 saturated carbocycles. The fourth-order valence-corrected chi connectivity index (χ4v) is 14.8. The van der Waals surface area contributed by atoms with E-state index in [4.69, 9.17) is 10.7 Å². The molecule has 3 saturated heterocycles. The fraction of sp³-hybridized carbons (Fsp3) is 0.725. The van der Waals surface area contributed by atoms with Crippen LogP contribution in [0.25, 0.3) is 0 Å². The van der Waals surface area contributed by atoms with Crippen LogP contribution >= 0.6 is 23.5 Å². The Morgan fingerprint density at radius 2 is 0.991 bits per heavy atom.